The summed E-state index contributed by atoms with van der Waals surface area (Å²) in [7, 11) is 0. The topological polar surface area (TPSA) is 70.1 Å². The Hall–Kier alpha value is -2.01. The second-order valence-corrected chi connectivity index (χ2v) is 4.43. The highest BCUT2D eigenvalue weighted by molar-refractivity contribution is 6.33. The molecule has 18 heavy (non-hydrogen) atoms. The number of amides is 1. The zero-order valence-electron chi connectivity index (χ0n) is 9.39. The Balaban J connectivity index is 2.28. The number of ether oxygens (including phenoxy) is 1. The summed E-state index contributed by atoms with van der Waals surface area (Å²) >= 11 is 6.14. The van der Waals surface area contributed by atoms with E-state index < -0.39 is 5.91 Å². The Labute approximate surface area is 108 Å². The van der Waals surface area contributed by atoms with Gasteiger partial charge in [-0.25, -0.2) is 4.98 Å². The maximum Gasteiger partial charge on any atom is 0.248 e. The highest BCUT2D eigenvalue weighted by Crippen LogP contribution is 2.38. The fourth-order valence-corrected chi connectivity index (χ4v) is 2.32. The SMILES string of the molecule is NC(=O)c1cc(Cl)c2c(c1)-c1cncn1CCO2. The monoisotopic (exact) mass is 263 g/mol. The number of halogens is 1. The molecule has 1 aromatic heterocycles. The van der Waals surface area contributed by atoms with Crippen molar-refractivity contribution in [3.63, 3.8) is 0 Å². The summed E-state index contributed by atoms with van der Waals surface area (Å²) in [6.07, 6.45) is 3.44. The molecule has 92 valence electrons. The lowest BCUT2D eigenvalue weighted by Crippen LogP contribution is -2.11. The van der Waals surface area contributed by atoms with Crippen LogP contribution in [0, 0.1) is 0 Å². The Morgan fingerprint density at radius 1 is 1.50 bits per heavy atom. The third kappa shape index (κ3) is 1.64. The van der Waals surface area contributed by atoms with E-state index in [1.807, 2.05) is 4.57 Å². The number of primary amides is 1. The van der Waals surface area contributed by atoms with Gasteiger partial charge in [-0.3, -0.25) is 4.79 Å². The third-order valence-corrected chi connectivity index (χ3v) is 3.18. The van der Waals surface area contributed by atoms with Crippen LogP contribution in [0.3, 0.4) is 0 Å². The lowest BCUT2D eigenvalue weighted by Gasteiger charge is -2.10. The van der Waals surface area contributed by atoms with E-state index >= 15 is 0 Å². The third-order valence-electron chi connectivity index (χ3n) is 2.89. The summed E-state index contributed by atoms with van der Waals surface area (Å²) in [6.45, 7) is 1.19. The molecule has 0 unspecified atom stereocenters. The van der Waals surface area contributed by atoms with Crippen molar-refractivity contribution in [3.8, 4) is 17.0 Å². The van der Waals surface area contributed by atoms with Crippen molar-refractivity contribution in [2.75, 3.05) is 6.61 Å². The van der Waals surface area contributed by atoms with Gasteiger partial charge in [0.2, 0.25) is 5.91 Å². The Bertz CT molecular complexity index is 636. The molecule has 3 rings (SSSR count). The van der Waals surface area contributed by atoms with Crippen LogP contribution >= 0.6 is 11.6 Å². The zero-order valence-corrected chi connectivity index (χ0v) is 10.1. The first-order chi connectivity index (χ1) is 8.66. The molecule has 6 heteroatoms. The van der Waals surface area contributed by atoms with E-state index in [9.17, 15) is 4.79 Å². The molecule has 0 atom stereocenters. The second-order valence-electron chi connectivity index (χ2n) is 4.02. The van der Waals surface area contributed by atoms with Gasteiger partial charge in [0.15, 0.2) is 0 Å². The van der Waals surface area contributed by atoms with Crippen LogP contribution in [-0.4, -0.2) is 22.1 Å². The molecular weight excluding hydrogens is 254 g/mol. The van der Waals surface area contributed by atoms with E-state index in [4.69, 9.17) is 22.1 Å². The van der Waals surface area contributed by atoms with E-state index in [1.165, 1.54) is 6.07 Å². The van der Waals surface area contributed by atoms with Crippen molar-refractivity contribution in [3.05, 3.63) is 35.2 Å². The van der Waals surface area contributed by atoms with Crippen LogP contribution in [0.2, 0.25) is 5.02 Å². The predicted molar refractivity (Wildman–Crippen MR) is 66.7 cm³/mol. The van der Waals surface area contributed by atoms with E-state index in [1.54, 1.807) is 18.6 Å². The summed E-state index contributed by atoms with van der Waals surface area (Å²) in [6, 6.07) is 3.21. The van der Waals surface area contributed by atoms with Crippen LogP contribution in [0.1, 0.15) is 10.4 Å². The number of benzene rings is 1. The van der Waals surface area contributed by atoms with Crippen molar-refractivity contribution in [1.82, 2.24) is 9.55 Å². The van der Waals surface area contributed by atoms with Gasteiger partial charge in [-0.15, -0.1) is 0 Å². The molecular formula is C12H10ClN3O2. The number of hydrogen-bond donors (Lipinski definition) is 1. The number of fused-ring (bicyclic) bond motifs is 3. The molecule has 0 bridgehead atoms. The molecule has 0 saturated heterocycles. The van der Waals surface area contributed by atoms with E-state index in [2.05, 4.69) is 4.98 Å². The van der Waals surface area contributed by atoms with Crippen LogP contribution in [-0.2, 0) is 6.54 Å². The van der Waals surface area contributed by atoms with Crippen molar-refractivity contribution in [2.45, 2.75) is 6.54 Å². The number of nitrogens with two attached hydrogens (primary N) is 1. The summed E-state index contributed by atoms with van der Waals surface area (Å²) < 4.78 is 7.57. The minimum absolute atomic E-state index is 0.358. The van der Waals surface area contributed by atoms with Gasteiger partial charge in [0.1, 0.15) is 12.4 Å². The summed E-state index contributed by atoms with van der Waals surface area (Å²) in [5.74, 6) is 0.0518. The first-order valence-electron chi connectivity index (χ1n) is 5.43. The maximum atomic E-state index is 11.3. The quantitative estimate of drug-likeness (QED) is 0.851. The van der Waals surface area contributed by atoms with Gasteiger partial charge in [-0.1, -0.05) is 11.6 Å². The van der Waals surface area contributed by atoms with Crippen molar-refractivity contribution in [1.29, 1.82) is 0 Å². The Morgan fingerprint density at radius 3 is 3.11 bits per heavy atom. The van der Waals surface area contributed by atoms with Crippen LogP contribution in [0.15, 0.2) is 24.7 Å². The number of imidazole rings is 1. The summed E-state index contributed by atoms with van der Waals surface area (Å²) in [5.41, 5.74) is 7.26. The molecule has 2 N–H and O–H groups in total. The van der Waals surface area contributed by atoms with Gasteiger partial charge in [-0.05, 0) is 12.1 Å². The lowest BCUT2D eigenvalue weighted by atomic mass is 10.1. The molecule has 1 aliphatic heterocycles. The minimum atomic E-state index is -0.519. The normalized spacial score (nSPS) is 13.2. The fraction of sp³-hybridized carbons (Fsp3) is 0.167. The second kappa shape index (κ2) is 4.03. The Kier molecular flexibility index (Phi) is 2.48. The molecule has 0 saturated carbocycles. The molecule has 0 fully saturated rings. The average Bonchev–Trinajstić information content (AvgIpc) is 2.72. The van der Waals surface area contributed by atoms with Crippen LogP contribution in [0.25, 0.3) is 11.3 Å². The van der Waals surface area contributed by atoms with Crippen molar-refractivity contribution >= 4 is 17.5 Å². The summed E-state index contributed by atoms with van der Waals surface area (Å²) in [4.78, 5) is 15.4. The molecule has 0 aliphatic carbocycles. The van der Waals surface area contributed by atoms with Crippen LogP contribution < -0.4 is 10.5 Å². The van der Waals surface area contributed by atoms with E-state index in [0.717, 1.165) is 11.3 Å². The van der Waals surface area contributed by atoms with Crippen molar-refractivity contribution < 1.29 is 9.53 Å². The molecule has 2 aromatic rings. The molecule has 1 aromatic carbocycles. The number of hydrogen-bond acceptors (Lipinski definition) is 3. The highest BCUT2D eigenvalue weighted by Gasteiger charge is 2.20. The van der Waals surface area contributed by atoms with Gasteiger partial charge in [-0.2, -0.15) is 0 Å². The number of nitrogens with zero attached hydrogens (tertiary/aromatic N) is 2. The largest absolute Gasteiger partial charge is 0.489 e. The number of aromatic nitrogens is 2. The predicted octanol–water partition coefficient (Wildman–Crippen LogP) is 1.69. The minimum Gasteiger partial charge on any atom is -0.489 e. The van der Waals surface area contributed by atoms with Crippen LogP contribution in [0.4, 0.5) is 0 Å². The number of carbonyl (C=O) groups is 1. The zero-order chi connectivity index (χ0) is 12.7. The van der Waals surface area contributed by atoms with Gasteiger partial charge in [0.05, 0.1) is 29.8 Å². The number of carbonyl (C=O) groups excluding carboxylic acids is 1. The van der Waals surface area contributed by atoms with E-state index in [-0.39, 0.29) is 0 Å². The van der Waals surface area contributed by atoms with Gasteiger partial charge >= 0.3 is 0 Å². The smallest absolute Gasteiger partial charge is 0.248 e. The highest BCUT2D eigenvalue weighted by atomic mass is 35.5. The molecule has 0 radical (unpaired) electrons. The standard InChI is InChI=1S/C12H10ClN3O2/c13-9-4-7(12(14)17)3-8-10-5-15-6-16(10)1-2-18-11(8)9/h3-6H,1-2H2,(H2,14,17). The van der Waals surface area contributed by atoms with E-state index in [0.29, 0.717) is 29.5 Å². The number of rotatable bonds is 1. The molecule has 1 aliphatic rings. The first kappa shape index (κ1) is 11.1. The van der Waals surface area contributed by atoms with Gasteiger partial charge < -0.3 is 15.0 Å². The fourth-order valence-electron chi connectivity index (χ4n) is 2.04. The molecule has 2 heterocycles. The average molecular weight is 264 g/mol. The van der Waals surface area contributed by atoms with Crippen LogP contribution in [0.5, 0.6) is 5.75 Å². The molecule has 5 nitrogen and oxygen atoms in total. The van der Waals surface area contributed by atoms with Crippen molar-refractivity contribution in [2.24, 2.45) is 5.73 Å². The maximum absolute atomic E-state index is 11.3. The molecule has 1 amide bonds. The Morgan fingerprint density at radius 2 is 2.33 bits per heavy atom. The van der Waals surface area contributed by atoms with Gasteiger partial charge in [0.25, 0.3) is 0 Å². The summed E-state index contributed by atoms with van der Waals surface area (Å²) in [5, 5.41) is 0.385. The molecule has 0 spiro atoms. The lowest BCUT2D eigenvalue weighted by molar-refractivity contribution is 0.100. The van der Waals surface area contributed by atoms with Gasteiger partial charge in [0, 0.05) is 11.1 Å². The first-order valence-corrected chi connectivity index (χ1v) is 5.81.